The van der Waals surface area contributed by atoms with Crippen LogP contribution in [0.1, 0.15) is 16.8 Å². The van der Waals surface area contributed by atoms with Crippen molar-refractivity contribution in [2.24, 2.45) is 0 Å². The second kappa shape index (κ2) is 9.93. The van der Waals surface area contributed by atoms with E-state index in [1.54, 1.807) is 13.4 Å². The number of benzene rings is 2. The number of rotatable bonds is 8. The predicted octanol–water partition coefficient (Wildman–Crippen LogP) is 3.11. The standard InChI is InChI=1S/C26H28N6O2/c1-34-23-4-2-3-19(11-23)15-32(16-20-5-6-24-25(12-20)30-18-29-24)22-7-8-28-21(13-22)17-31-10-9-27-14-26(31)33/h2-8,11-13,18,27H,9-10,14-17H2,1H3,(H,29,30). The molecule has 2 aromatic heterocycles. The number of nitrogens with zero attached hydrogens (tertiary/aromatic N) is 4. The van der Waals surface area contributed by atoms with Crippen LogP contribution in [0.2, 0.25) is 0 Å². The molecule has 0 bridgehead atoms. The van der Waals surface area contributed by atoms with E-state index >= 15 is 0 Å². The maximum atomic E-state index is 12.3. The van der Waals surface area contributed by atoms with Gasteiger partial charge in [-0.3, -0.25) is 9.78 Å². The van der Waals surface area contributed by atoms with Gasteiger partial charge in [-0.05, 0) is 47.5 Å². The highest BCUT2D eigenvalue weighted by molar-refractivity contribution is 5.79. The number of carbonyl (C=O) groups excluding carboxylic acids is 1. The number of anilines is 1. The molecule has 0 saturated carbocycles. The van der Waals surface area contributed by atoms with Crippen LogP contribution in [0.4, 0.5) is 5.69 Å². The van der Waals surface area contributed by atoms with E-state index in [0.29, 0.717) is 32.7 Å². The lowest BCUT2D eigenvalue weighted by atomic mass is 10.1. The zero-order valence-electron chi connectivity index (χ0n) is 19.2. The zero-order chi connectivity index (χ0) is 23.3. The quantitative estimate of drug-likeness (QED) is 0.424. The molecule has 0 spiro atoms. The van der Waals surface area contributed by atoms with Crippen molar-refractivity contribution in [3.8, 4) is 5.75 Å². The van der Waals surface area contributed by atoms with Crippen LogP contribution in [-0.2, 0) is 24.4 Å². The number of nitrogens with one attached hydrogen (secondary N) is 2. The van der Waals surface area contributed by atoms with Crippen molar-refractivity contribution >= 4 is 22.6 Å². The third kappa shape index (κ3) is 5.02. The number of aromatic nitrogens is 3. The van der Waals surface area contributed by atoms with Gasteiger partial charge in [0, 0.05) is 38.1 Å². The number of methoxy groups -OCH3 is 1. The van der Waals surface area contributed by atoms with Crippen LogP contribution in [0.3, 0.4) is 0 Å². The molecule has 1 saturated heterocycles. The number of aromatic amines is 1. The highest BCUT2D eigenvalue weighted by Crippen LogP contribution is 2.24. The molecule has 0 unspecified atom stereocenters. The number of imidazole rings is 1. The van der Waals surface area contributed by atoms with Crippen molar-refractivity contribution in [1.29, 1.82) is 0 Å². The lowest BCUT2D eigenvalue weighted by molar-refractivity contribution is -0.132. The predicted molar refractivity (Wildman–Crippen MR) is 131 cm³/mol. The van der Waals surface area contributed by atoms with Crippen LogP contribution in [0.25, 0.3) is 11.0 Å². The average molecular weight is 457 g/mol. The summed E-state index contributed by atoms with van der Waals surface area (Å²) in [6, 6.07) is 18.5. The summed E-state index contributed by atoms with van der Waals surface area (Å²) in [7, 11) is 1.68. The van der Waals surface area contributed by atoms with E-state index in [1.807, 2.05) is 35.4 Å². The van der Waals surface area contributed by atoms with Gasteiger partial charge < -0.3 is 24.8 Å². The number of pyridine rings is 1. The Bertz CT molecular complexity index is 1290. The van der Waals surface area contributed by atoms with Gasteiger partial charge >= 0.3 is 0 Å². The minimum Gasteiger partial charge on any atom is -0.497 e. The Balaban J connectivity index is 1.43. The van der Waals surface area contributed by atoms with Crippen molar-refractivity contribution in [3.05, 3.63) is 83.9 Å². The minimum absolute atomic E-state index is 0.111. The van der Waals surface area contributed by atoms with Crippen molar-refractivity contribution in [1.82, 2.24) is 25.2 Å². The van der Waals surface area contributed by atoms with E-state index < -0.39 is 0 Å². The lowest BCUT2D eigenvalue weighted by Crippen LogP contribution is -2.47. The molecule has 174 valence electrons. The lowest BCUT2D eigenvalue weighted by Gasteiger charge is -2.28. The first kappa shape index (κ1) is 21.9. The molecule has 0 radical (unpaired) electrons. The summed E-state index contributed by atoms with van der Waals surface area (Å²) in [5.41, 5.74) is 6.24. The summed E-state index contributed by atoms with van der Waals surface area (Å²) in [6.07, 6.45) is 3.54. The number of H-pyrrole nitrogens is 1. The maximum Gasteiger partial charge on any atom is 0.236 e. The molecule has 0 atom stereocenters. The first-order valence-corrected chi connectivity index (χ1v) is 11.4. The van der Waals surface area contributed by atoms with Gasteiger partial charge in [0.2, 0.25) is 5.91 Å². The minimum atomic E-state index is 0.111. The van der Waals surface area contributed by atoms with Gasteiger partial charge in [-0.2, -0.15) is 0 Å². The number of ether oxygens (including phenoxy) is 1. The SMILES string of the molecule is COc1cccc(CN(Cc2ccc3nc[nH]c3c2)c2ccnc(CN3CCNCC3=O)c2)c1. The van der Waals surface area contributed by atoms with E-state index in [2.05, 4.69) is 55.5 Å². The van der Waals surface area contributed by atoms with Gasteiger partial charge in [-0.15, -0.1) is 0 Å². The summed E-state index contributed by atoms with van der Waals surface area (Å²) < 4.78 is 5.43. The highest BCUT2D eigenvalue weighted by Gasteiger charge is 2.19. The molecular weight excluding hydrogens is 428 g/mol. The molecule has 2 N–H and O–H groups in total. The molecule has 8 nitrogen and oxygen atoms in total. The highest BCUT2D eigenvalue weighted by atomic mass is 16.5. The monoisotopic (exact) mass is 456 g/mol. The fraction of sp³-hybridized carbons (Fsp3) is 0.269. The third-order valence-corrected chi connectivity index (χ3v) is 6.07. The third-order valence-electron chi connectivity index (χ3n) is 6.07. The Labute approximate surface area is 198 Å². The number of amides is 1. The molecule has 1 aliphatic rings. The van der Waals surface area contributed by atoms with Crippen LogP contribution in [0.5, 0.6) is 5.75 Å². The van der Waals surface area contributed by atoms with E-state index in [4.69, 9.17) is 4.74 Å². The molecule has 1 fully saturated rings. The van der Waals surface area contributed by atoms with Gasteiger partial charge in [0.05, 0.1) is 43.3 Å². The first-order chi connectivity index (χ1) is 16.7. The second-order valence-corrected chi connectivity index (χ2v) is 8.46. The summed E-state index contributed by atoms with van der Waals surface area (Å²) in [5, 5.41) is 3.12. The van der Waals surface area contributed by atoms with Crippen LogP contribution in [0.15, 0.2) is 67.1 Å². The van der Waals surface area contributed by atoms with E-state index in [9.17, 15) is 4.79 Å². The first-order valence-electron chi connectivity index (χ1n) is 11.4. The molecule has 0 aliphatic carbocycles. The normalized spacial score (nSPS) is 13.9. The van der Waals surface area contributed by atoms with Crippen LogP contribution in [0, 0.1) is 0 Å². The van der Waals surface area contributed by atoms with Crippen molar-refractivity contribution in [2.75, 3.05) is 31.6 Å². The molecule has 8 heteroatoms. The molecule has 34 heavy (non-hydrogen) atoms. The molecule has 1 amide bonds. The summed E-state index contributed by atoms with van der Waals surface area (Å²) in [6.45, 7) is 3.82. The van der Waals surface area contributed by atoms with Gasteiger partial charge in [0.25, 0.3) is 0 Å². The number of hydrogen-bond acceptors (Lipinski definition) is 6. The van der Waals surface area contributed by atoms with Crippen molar-refractivity contribution in [2.45, 2.75) is 19.6 Å². The van der Waals surface area contributed by atoms with Gasteiger partial charge in [-0.25, -0.2) is 4.98 Å². The number of hydrogen-bond donors (Lipinski definition) is 2. The zero-order valence-corrected chi connectivity index (χ0v) is 19.2. The largest absolute Gasteiger partial charge is 0.497 e. The Morgan fingerprint density at radius 2 is 1.94 bits per heavy atom. The number of fused-ring (bicyclic) bond motifs is 1. The smallest absolute Gasteiger partial charge is 0.236 e. The molecule has 3 heterocycles. The Hall–Kier alpha value is -3.91. The second-order valence-electron chi connectivity index (χ2n) is 8.46. The molecule has 2 aromatic carbocycles. The Morgan fingerprint density at radius 1 is 1.06 bits per heavy atom. The van der Waals surface area contributed by atoms with Crippen LogP contribution >= 0.6 is 0 Å². The van der Waals surface area contributed by atoms with Crippen molar-refractivity contribution in [3.63, 3.8) is 0 Å². The topological polar surface area (TPSA) is 86.4 Å². The maximum absolute atomic E-state index is 12.3. The number of carbonyl (C=O) groups is 1. The van der Waals surface area contributed by atoms with E-state index in [1.165, 1.54) is 5.56 Å². The van der Waals surface area contributed by atoms with Gasteiger partial charge in [-0.1, -0.05) is 18.2 Å². The Kier molecular flexibility index (Phi) is 6.40. The van der Waals surface area contributed by atoms with Crippen molar-refractivity contribution < 1.29 is 9.53 Å². The summed E-state index contributed by atoms with van der Waals surface area (Å²) >= 11 is 0. The average Bonchev–Trinajstić information content (AvgIpc) is 3.33. The molecule has 5 rings (SSSR count). The van der Waals surface area contributed by atoms with Gasteiger partial charge in [0.1, 0.15) is 5.75 Å². The van der Waals surface area contributed by atoms with E-state index in [-0.39, 0.29) is 5.91 Å². The fourth-order valence-corrected chi connectivity index (χ4v) is 4.29. The molecule has 4 aromatic rings. The van der Waals surface area contributed by atoms with Crippen LogP contribution in [-0.4, -0.2) is 52.5 Å². The summed E-state index contributed by atoms with van der Waals surface area (Å²) in [5.74, 6) is 0.948. The van der Waals surface area contributed by atoms with E-state index in [0.717, 1.165) is 40.3 Å². The molecule has 1 aliphatic heterocycles. The van der Waals surface area contributed by atoms with Gasteiger partial charge in [0.15, 0.2) is 0 Å². The fourth-order valence-electron chi connectivity index (χ4n) is 4.29. The molecular formula is C26H28N6O2. The van der Waals surface area contributed by atoms with Crippen LogP contribution < -0.4 is 15.0 Å². The Morgan fingerprint density at radius 3 is 2.79 bits per heavy atom. The number of piperazine rings is 1. The summed E-state index contributed by atoms with van der Waals surface area (Å²) in [4.78, 5) is 28.5.